The number of nitrogens with one attached hydrogen (secondary N) is 1. The Morgan fingerprint density at radius 3 is 2.61 bits per heavy atom. The monoisotopic (exact) mass is 406 g/mol. The van der Waals surface area contributed by atoms with Crippen LogP contribution in [0.2, 0.25) is 5.02 Å². The number of likely N-dealkylation sites (tertiary alicyclic amines) is 1. The predicted molar refractivity (Wildman–Crippen MR) is 112 cm³/mol. The number of halogens is 1. The van der Waals surface area contributed by atoms with E-state index in [2.05, 4.69) is 32.2 Å². The second-order valence-electron chi connectivity index (χ2n) is 8.12. The number of ether oxygens (including phenoxy) is 2. The molecule has 4 rings (SSSR count). The minimum Gasteiger partial charge on any atom is -0.381 e. The molecule has 0 aromatic heterocycles. The van der Waals surface area contributed by atoms with Crippen molar-refractivity contribution in [3.05, 3.63) is 34.9 Å². The van der Waals surface area contributed by atoms with E-state index in [1.807, 2.05) is 19.2 Å². The smallest absolute Gasteiger partial charge is 0.193 e. The van der Waals surface area contributed by atoms with Gasteiger partial charge >= 0.3 is 0 Å². The molecule has 1 N–H and O–H groups in total. The lowest BCUT2D eigenvalue weighted by Crippen LogP contribution is -2.47. The molecule has 3 aliphatic rings. The molecule has 1 aromatic carbocycles. The standard InChI is InChI=1S/C21H31ClN4O2/c1-23-20(26-8-6-21(15-26)7-11-28-16-21)24-14-19(25-9-12-27-13-10-25)17-2-4-18(22)5-3-17/h2-5,19H,6-16H2,1H3,(H,23,24). The van der Waals surface area contributed by atoms with E-state index in [0.717, 1.165) is 70.1 Å². The zero-order valence-electron chi connectivity index (χ0n) is 16.7. The highest BCUT2D eigenvalue weighted by atomic mass is 35.5. The third-order valence-corrected chi connectivity index (χ3v) is 6.58. The molecule has 3 heterocycles. The van der Waals surface area contributed by atoms with Crippen molar-refractivity contribution in [1.82, 2.24) is 15.1 Å². The van der Waals surface area contributed by atoms with Crippen LogP contribution in [-0.4, -0.2) is 82.0 Å². The fourth-order valence-corrected chi connectivity index (χ4v) is 4.77. The van der Waals surface area contributed by atoms with Crippen LogP contribution in [0.25, 0.3) is 0 Å². The summed E-state index contributed by atoms with van der Waals surface area (Å²) in [6.07, 6.45) is 2.36. The fraction of sp³-hybridized carbons (Fsp3) is 0.667. The van der Waals surface area contributed by atoms with E-state index < -0.39 is 0 Å². The lowest BCUT2D eigenvalue weighted by atomic mass is 9.87. The second-order valence-corrected chi connectivity index (χ2v) is 8.55. The maximum atomic E-state index is 6.11. The third kappa shape index (κ3) is 4.46. The van der Waals surface area contributed by atoms with Crippen LogP contribution in [0.4, 0.5) is 0 Å². The van der Waals surface area contributed by atoms with Crippen LogP contribution in [-0.2, 0) is 9.47 Å². The van der Waals surface area contributed by atoms with Crippen LogP contribution in [0.1, 0.15) is 24.4 Å². The topological polar surface area (TPSA) is 49.3 Å². The van der Waals surface area contributed by atoms with Crippen LogP contribution < -0.4 is 5.32 Å². The van der Waals surface area contributed by atoms with E-state index in [0.29, 0.717) is 5.41 Å². The normalized spacial score (nSPS) is 27.5. The largest absolute Gasteiger partial charge is 0.381 e. The average molecular weight is 407 g/mol. The molecule has 3 saturated heterocycles. The molecule has 2 unspecified atom stereocenters. The Morgan fingerprint density at radius 1 is 1.14 bits per heavy atom. The number of aliphatic imine (C=N–C) groups is 1. The van der Waals surface area contributed by atoms with Crippen molar-refractivity contribution in [1.29, 1.82) is 0 Å². The van der Waals surface area contributed by atoms with E-state index in [9.17, 15) is 0 Å². The summed E-state index contributed by atoms with van der Waals surface area (Å²) in [6.45, 7) is 8.14. The molecule has 3 fully saturated rings. The Bertz CT molecular complexity index is 669. The molecule has 0 saturated carbocycles. The van der Waals surface area contributed by atoms with Crippen molar-refractivity contribution in [3.63, 3.8) is 0 Å². The first kappa shape index (κ1) is 20.0. The van der Waals surface area contributed by atoms with Crippen molar-refractivity contribution >= 4 is 17.6 Å². The molecule has 0 bridgehead atoms. The van der Waals surface area contributed by atoms with Gasteiger partial charge in [0.05, 0.1) is 25.9 Å². The third-order valence-electron chi connectivity index (χ3n) is 6.33. The van der Waals surface area contributed by atoms with Crippen molar-refractivity contribution in [2.75, 3.05) is 66.2 Å². The Labute approximate surface area is 172 Å². The Hall–Kier alpha value is -1.34. The van der Waals surface area contributed by atoms with E-state index >= 15 is 0 Å². The van der Waals surface area contributed by atoms with Gasteiger partial charge < -0.3 is 19.7 Å². The molecule has 0 radical (unpaired) electrons. The van der Waals surface area contributed by atoms with Crippen molar-refractivity contribution in [3.8, 4) is 0 Å². The molecule has 3 aliphatic heterocycles. The number of rotatable bonds is 4. The van der Waals surface area contributed by atoms with Crippen LogP contribution in [0, 0.1) is 5.41 Å². The molecule has 1 aromatic rings. The van der Waals surface area contributed by atoms with E-state index in [-0.39, 0.29) is 6.04 Å². The highest BCUT2D eigenvalue weighted by Crippen LogP contribution is 2.38. The summed E-state index contributed by atoms with van der Waals surface area (Å²) in [7, 11) is 1.88. The molecule has 0 amide bonds. The zero-order chi connectivity index (χ0) is 19.4. The molecular weight excluding hydrogens is 376 g/mol. The van der Waals surface area contributed by atoms with Gasteiger partial charge in [0, 0.05) is 56.8 Å². The van der Waals surface area contributed by atoms with E-state index in [1.54, 1.807) is 0 Å². The van der Waals surface area contributed by atoms with Gasteiger partial charge in [-0.1, -0.05) is 23.7 Å². The van der Waals surface area contributed by atoms with Gasteiger partial charge in [0.25, 0.3) is 0 Å². The lowest BCUT2D eigenvalue weighted by molar-refractivity contribution is 0.0169. The summed E-state index contributed by atoms with van der Waals surface area (Å²) in [5.41, 5.74) is 1.61. The summed E-state index contributed by atoms with van der Waals surface area (Å²) in [5.74, 6) is 0.996. The van der Waals surface area contributed by atoms with Gasteiger partial charge in [-0.2, -0.15) is 0 Å². The minimum absolute atomic E-state index is 0.268. The lowest BCUT2D eigenvalue weighted by Gasteiger charge is -2.36. The molecule has 154 valence electrons. The zero-order valence-corrected chi connectivity index (χ0v) is 17.5. The highest BCUT2D eigenvalue weighted by Gasteiger charge is 2.42. The van der Waals surface area contributed by atoms with Gasteiger partial charge in [0.15, 0.2) is 5.96 Å². The number of morpholine rings is 1. The molecule has 7 heteroatoms. The number of hydrogen-bond donors (Lipinski definition) is 1. The number of nitrogens with zero attached hydrogens (tertiary/aromatic N) is 3. The summed E-state index contributed by atoms with van der Waals surface area (Å²) in [5, 5.41) is 4.42. The van der Waals surface area contributed by atoms with Gasteiger partial charge in [-0.25, -0.2) is 0 Å². The average Bonchev–Trinajstić information content (AvgIpc) is 3.37. The summed E-state index contributed by atoms with van der Waals surface area (Å²) >= 11 is 6.11. The van der Waals surface area contributed by atoms with E-state index in [4.69, 9.17) is 21.1 Å². The first-order valence-electron chi connectivity index (χ1n) is 10.3. The number of guanidine groups is 1. The minimum atomic E-state index is 0.268. The first-order valence-corrected chi connectivity index (χ1v) is 10.7. The first-order chi connectivity index (χ1) is 13.7. The molecule has 1 spiro atoms. The molecule has 2 atom stereocenters. The van der Waals surface area contributed by atoms with Crippen LogP contribution >= 0.6 is 11.6 Å². The van der Waals surface area contributed by atoms with Gasteiger partial charge in [-0.05, 0) is 30.5 Å². The highest BCUT2D eigenvalue weighted by molar-refractivity contribution is 6.30. The Kier molecular flexibility index (Phi) is 6.41. The molecule has 0 aliphatic carbocycles. The van der Waals surface area contributed by atoms with Gasteiger partial charge in [0.2, 0.25) is 0 Å². The number of hydrogen-bond acceptors (Lipinski definition) is 4. The predicted octanol–water partition coefficient (Wildman–Crippen LogP) is 2.40. The Morgan fingerprint density at radius 2 is 1.93 bits per heavy atom. The second kappa shape index (κ2) is 8.99. The summed E-state index contributed by atoms with van der Waals surface area (Å²) in [4.78, 5) is 9.46. The maximum Gasteiger partial charge on any atom is 0.193 e. The van der Waals surface area contributed by atoms with E-state index in [1.165, 1.54) is 18.4 Å². The quantitative estimate of drug-likeness (QED) is 0.614. The molecule has 28 heavy (non-hydrogen) atoms. The number of benzene rings is 1. The summed E-state index contributed by atoms with van der Waals surface area (Å²) < 4.78 is 11.2. The van der Waals surface area contributed by atoms with Crippen LogP contribution in [0.15, 0.2) is 29.3 Å². The van der Waals surface area contributed by atoms with Gasteiger partial charge in [0.1, 0.15) is 0 Å². The SMILES string of the molecule is CN=C(NCC(c1ccc(Cl)cc1)N1CCOCC1)N1CCC2(CCOC2)C1. The molecule has 6 nitrogen and oxygen atoms in total. The van der Waals surface area contributed by atoms with Gasteiger partial charge in [-0.3, -0.25) is 9.89 Å². The molecular formula is C21H31ClN4O2. The maximum absolute atomic E-state index is 6.11. The Balaban J connectivity index is 1.43. The van der Waals surface area contributed by atoms with Crippen molar-refractivity contribution < 1.29 is 9.47 Å². The van der Waals surface area contributed by atoms with Crippen molar-refractivity contribution in [2.45, 2.75) is 18.9 Å². The van der Waals surface area contributed by atoms with Gasteiger partial charge in [-0.15, -0.1) is 0 Å². The van der Waals surface area contributed by atoms with Crippen LogP contribution in [0.3, 0.4) is 0 Å². The van der Waals surface area contributed by atoms with Crippen molar-refractivity contribution in [2.24, 2.45) is 10.4 Å². The summed E-state index contributed by atoms with van der Waals surface area (Å²) in [6, 6.07) is 8.48. The van der Waals surface area contributed by atoms with Crippen LogP contribution in [0.5, 0.6) is 0 Å². The fourth-order valence-electron chi connectivity index (χ4n) is 4.64.